The quantitative estimate of drug-likeness (QED) is 0.648. The molecule has 0 unspecified atom stereocenters. The van der Waals surface area contributed by atoms with Crippen LogP contribution in [0.4, 0.5) is 14.5 Å². The first kappa shape index (κ1) is 22.2. The van der Waals surface area contributed by atoms with Gasteiger partial charge in [0.1, 0.15) is 11.5 Å². The van der Waals surface area contributed by atoms with Gasteiger partial charge in [0.25, 0.3) is 0 Å². The summed E-state index contributed by atoms with van der Waals surface area (Å²) in [5.41, 5.74) is 1.28. The van der Waals surface area contributed by atoms with Crippen LogP contribution < -0.4 is 24.3 Å². The number of nitrogens with zero attached hydrogens (tertiary/aromatic N) is 1. The Hall–Kier alpha value is -3.07. The largest absolute Gasteiger partial charge is 0.497 e. The molecule has 0 aliphatic carbocycles. The molecule has 1 N–H and O–H groups in total. The number of alkyl halides is 2. The Bertz CT molecular complexity index is 833. The molecule has 0 aliphatic rings. The summed E-state index contributed by atoms with van der Waals surface area (Å²) in [6.07, 6.45) is 0. The van der Waals surface area contributed by atoms with E-state index in [0.717, 1.165) is 5.56 Å². The number of halogens is 2. The van der Waals surface area contributed by atoms with Gasteiger partial charge in [-0.15, -0.1) is 0 Å². The number of amides is 1. The summed E-state index contributed by atoms with van der Waals surface area (Å²) in [7, 11) is 6.18. The minimum atomic E-state index is -2.94. The molecule has 2 aromatic carbocycles. The molecule has 7 nitrogen and oxygen atoms in total. The molecule has 0 bridgehead atoms. The summed E-state index contributed by atoms with van der Waals surface area (Å²) in [4.78, 5) is 14.2. The molecule has 0 heterocycles. The number of carbonyl (C=O) groups excluding carboxylic acids is 1. The Balaban J connectivity index is 2.00. The molecule has 0 saturated carbocycles. The van der Waals surface area contributed by atoms with Crippen molar-refractivity contribution < 1.29 is 32.5 Å². The highest BCUT2D eigenvalue weighted by atomic mass is 19.3. The van der Waals surface area contributed by atoms with Crippen LogP contribution in [0, 0.1) is 0 Å². The Labute approximate surface area is 168 Å². The number of nitrogens with one attached hydrogen (secondary N) is 1. The monoisotopic (exact) mass is 410 g/mol. The Kier molecular flexibility index (Phi) is 8.02. The van der Waals surface area contributed by atoms with Crippen LogP contribution in [0.15, 0.2) is 36.4 Å². The maximum Gasteiger partial charge on any atom is 0.387 e. The van der Waals surface area contributed by atoms with E-state index < -0.39 is 6.61 Å². The van der Waals surface area contributed by atoms with E-state index in [2.05, 4.69) is 10.1 Å². The predicted octanol–water partition coefficient (Wildman–Crippen LogP) is 3.38. The fourth-order valence-corrected chi connectivity index (χ4v) is 2.72. The van der Waals surface area contributed by atoms with Crippen molar-refractivity contribution in [3.05, 3.63) is 42.0 Å². The zero-order chi connectivity index (χ0) is 21.4. The molecule has 0 fully saturated rings. The van der Waals surface area contributed by atoms with Crippen LogP contribution in [0.1, 0.15) is 5.56 Å². The molecular formula is C20H24F2N2O5. The lowest BCUT2D eigenvalue weighted by atomic mass is 10.2. The number of hydrogen-bond acceptors (Lipinski definition) is 6. The van der Waals surface area contributed by atoms with Crippen LogP contribution in [0.3, 0.4) is 0 Å². The average Bonchev–Trinajstić information content (AvgIpc) is 2.68. The lowest BCUT2D eigenvalue weighted by Gasteiger charge is -2.18. The van der Waals surface area contributed by atoms with Crippen LogP contribution in [0.25, 0.3) is 0 Å². The molecule has 158 valence electrons. The van der Waals surface area contributed by atoms with E-state index in [0.29, 0.717) is 23.7 Å². The summed E-state index contributed by atoms with van der Waals surface area (Å²) in [6, 6.07) is 9.75. The van der Waals surface area contributed by atoms with Crippen LogP contribution in [0.2, 0.25) is 0 Å². The number of methoxy groups -OCH3 is 3. The number of carbonyl (C=O) groups is 1. The maximum absolute atomic E-state index is 12.4. The van der Waals surface area contributed by atoms with E-state index in [1.807, 2.05) is 0 Å². The van der Waals surface area contributed by atoms with E-state index in [-0.39, 0.29) is 24.0 Å². The van der Waals surface area contributed by atoms with Crippen LogP contribution in [0.5, 0.6) is 23.0 Å². The minimum absolute atomic E-state index is 0.0447. The molecule has 0 aromatic heterocycles. The molecule has 0 radical (unpaired) electrons. The number of anilines is 1. The number of benzene rings is 2. The van der Waals surface area contributed by atoms with E-state index >= 15 is 0 Å². The van der Waals surface area contributed by atoms with Gasteiger partial charge in [0, 0.05) is 12.6 Å². The van der Waals surface area contributed by atoms with Gasteiger partial charge in [0.05, 0.1) is 33.6 Å². The van der Waals surface area contributed by atoms with Gasteiger partial charge < -0.3 is 24.3 Å². The van der Waals surface area contributed by atoms with Crippen LogP contribution in [-0.2, 0) is 11.3 Å². The van der Waals surface area contributed by atoms with E-state index in [1.165, 1.54) is 27.4 Å². The van der Waals surface area contributed by atoms with E-state index in [9.17, 15) is 13.6 Å². The van der Waals surface area contributed by atoms with Crippen molar-refractivity contribution in [2.45, 2.75) is 13.2 Å². The van der Waals surface area contributed by atoms with Gasteiger partial charge in [-0.1, -0.05) is 6.07 Å². The number of ether oxygens (including phenoxy) is 4. The maximum atomic E-state index is 12.4. The zero-order valence-electron chi connectivity index (χ0n) is 16.7. The number of rotatable bonds is 10. The van der Waals surface area contributed by atoms with E-state index in [4.69, 9.17) is 14.2 Å². The average molecular weight is 410 g/mol. The molecular weight excluding hydrogens is 386 g/mol. The first-order valence-electron chi connectivity index (χ1n) is 8.68. The molecule has 2 rings (SSSR count). The summed E-state index contributed by atoms with van der Waals surface area (Å²) >= 11 is 0. The van der Waals surface area contributed by atoms with Crippen molar-refractivity contribution in [1.29, 1.82) is 0 Å². The van der Waals surface area contributed by atoms with Crippen molar-refractivity contribution in [2.75, 3.05) is 40.2 Å². The molecule has 0 aliphatic heterocycles. The molecule has 1 amide bonds. The van der Waals surface area contributed by atoms with Gasteiger partial charge in [0.2, 0.25) is 5.91 Å². The Morgan fingerprint density at radius 3 is 2.31 bits per heavy atom. The zero-order valence-corrected chi connectivity index (χ0v) is 16.7. The molecule has 9 heteroatoms. The summed E-state index contributed by atoms with van der Waals surface area (Å²) in [5.74, 6) is 1.01. The second-order valence-electron chi connectivity index (χ2n) is 6.15. The molecule has 0 saturated heterocycles. The molecule has 29 heavy (non-hydrogen) atoms. The second-order valence-corrected chi connectivity index (χ2v) is 6.15. The van der Waals surface area contributed by atoms with Gasteiger partial charge in [0.15, 0.2) is 11.5 Å². The fourth-order valence-electron chi connectivity index (χ4n) is 2.72. The van der Waals surface area contributed by atoms with Crippen molar-refractivity contribution in [2.24, 2.45) is 0 Å². The normalized spacial score (nSPS) is 10.8. The lowest BCUT2D eigenvalue weighted by Crippen LogP contribution is -2.30. The number of hydrogen-bond donors (Lipinski definition) is 1. The molecule has 2 aromatic rings. The van der Waals surface area contributed by atoms with Crippen molar-refractivity contribution in [3.8, 4) is 23.0 Å². The lowest BCUT2D eigenvalue weighted by molar-refractivity contribution is -0.117. The first-order chi connectivity index (χ1) is 13.9. The van der Waals surface area contributed by atoms with Gasteiger partial charge in [-0.2, -0.15) is 8.78 Å². The standard InChI is InChI=1S/C20H24F2N2O5/c1-24(11-13-5-7-17(29-20(21)22)18(9-13)28-4)12-19(25)23-15-10-14(26-2)6-8-16(15)27-3/h5-10,20H,11-12H2,1-4H3,(H,23,25). The SMILES string of the molecule is COc1ccc(OC)c(NC(=O)CN(C)Cc2ccc(OC(F)F)c(OC)c2)c1. The highest BCUT2D eigenvalue weighted by molar-refractivity contribution is 5.94. The van der Waals surface area contributed by atoms with Crippen molar-refractivity contribution >= 4 is 11.6 Å². The van der Waals surface area contributed by atoms with Crippen molar-refractivity contribution in [1.82, 2.24) is 4.90 Å². The van der Waals surface area contributed by atoms with Gasteiger partial charge >= 0.3 is 6.61 Å². The highest BCUT2D eigenvalue weighted by Crippen LogP contribution is 2.30. The van der Waals surface area contributed by atoms with Gasteiger partial charge in [-0.3, -0.25) is 9.69 Å². The topological polar surface area (TPSA) is 69.3 Å². The third-order valence-electron chi connectivity index (χ3n) is 3.99. The van der Waals surface area contributed by atoms with Crippen molar-refractivity contribution in [3.63, 3.8) is 0 Å². The second kappa shape index (κ2) is 10.5. The van der Waals surface area contributed by atoms with Crippen LogP contribution in [-0.4, -0.2) is 52.3 Å². The summed E-state index contributed by atoms with van der Waals surface area (Å²) in [6.45, 7) is -2.44. The van der Waals surface area contributed by atoms with Gasteiger partial charge in [-0.25, -0.2) is 0 Å². The summed E-state index contributed by atoms with van der Waals surface area (Å²) in [5, 5.41) is 2.79. The van der Waals surface area contributed by atoms with Crippen LogP contribution >= 0.6 is 0 Å². The smallest absolute Gasteiger partial charge is 0.387 e. The minimum Gasteiger partial charge on any atom is -0.497 e. The van der Waals surface area contributed by atoms with Gasteiger partial charge in [-0.05, 0) is 36.9 Å². The summed E-state index contributed by atoms with van der Waals surface area (Å²) < 4.78 is 44.8. The predicted molar refractivity (Wildman–Crippen MR) is 104 cm³/mol. The Morgan fingerprint density at radius 2 is 1.69 bits per heavy atom. The molecule has 0 spiro atoms. The first-order valence-corrected chi connectivity index (χ1v) is 8.68. The molecule has 0 atom stereocenters. The fraction of sp³-hybridized carbons (Fsp3) is 0.350. The third-order valence-corrected chi connectivity index (χ3v) is 3.99. The van der Waals surface area contributed by atoms with E-state index in [1.54, 1.807) is 42.3 Å². The highest BCUT2D eigenvalue weighted by Gasteiger charge is 2.14. The Morgan fingerprint density at radius 1 is 1.00 bits per heavy atom. The third kappa shape index (κ3) is 6.49. The number of likely N-dealkylation sites (N-methyl/N-ethyl adjacent to an activating group) is 1.